The number of hydrogen-bond acceptors (Lipinski definition) is 8. The van der Waals surface area contributed by atoms with E-state index >= 15 is 0 Å². The van der Waals surface area contributed by atoms with Crippen molar-refractivity contribution in [2.45, 2.75) is 270 Å². The van der Waals surface area contributed by atoms with Gasteiger partial charge in [0.15, 0.2) is 6.10 Å². The Morgan fingerprint density at radius 3 is 1.06 bits per heavy atom. The van der Waals surface area contributed by atoms with Crippen LogP contribution < -0.4 is 4.89 Å². The number of likely N-dealkylation sites (N-methyl/N-ethyl adjacent to an activating group) is 1. The molecule has 0 bridgehead atoms. The normalized spacial score (nSPS) is 14.0. The summed E-state index contributed by atoms with van der Waals surface area (Å²) in [4.78, 5) is 37.9. The lowest BCUT2D eigenvalue weighted by atomic mass is 10.0. The molecule has 0 fully saturated rings. The average molecular weight is 1150 g/mol. The standard InChI is InChI=1S/C71H122NO8P/c1-6-8-10-12-14-16-18-20-22-24-26-27-28-29-30-31-32-33-34-35-36-37-38-39-40-41-42-43-44-45-46-48-50-52-54-56-58-60-62-64-71(74)80-69(68-79-81(75,76)78-66-65-72(3,4)5)67-77-70(73)63-61-59-57-55-53-51-49-47-25-23-21-19-17-15-13-11-9-7-2/h8,10,14,16,20,22-23,25-27,29-30,32-33,35-36,38-39,41-42,69H,6-7,9,11-13,15,17-19,21,24,28,31,34,37,40,43-68H2,1-5H3/b10-8-,16-14-,22-20-,25-23-,27-26-,30-29-,33-32-,36-35-,39-38-,42-41-. The smallest absolute Gasteiger partial charge is 0.306 e. The molecule has 0 spiro atoms. The van der Waals surface area contributed by atoms with Gasteiger partial charge in [0.1, 0.15) is 19.8 Å². The van der Waals surface area contributed by atoms with Crippen LogP contribution in [-0.2, 0) is 32.7 Å². The average Bonchev–Trinajstić information content (AvgIpc) is 3.43. The summed E-state index contributed by atoms with van der Waals surface area (Å²) in [6.45, 7) is 4.12. The van der Waals surface area contributed by atoms with E-state index in [4.69, 9.17) is 18.5 Å². The van der Waals surface area contributed by atoms with Gasteiger partial charge in [-0.25, -0.2) is 0 Å². The molecule has 81 heavy (non-hydrogen) atoms. The number of allylic oxidation sites excluding steroid dienone is 20. The number of carbonyl (C=O) groups excluding carboxylic acids is 2. The van der Waals surface area contributed by atoms with Crippen molar-refractivity contribution < 1.29 is 42.1 Å². The van der Waals surface area contributed by atoms with Crippen LogP contribution >= 0.6 is 7.82 Å². The Morgan fingerprint density at radius 1 is 0.395 bits per heavy atom. The van der Waals surface area contributed by atoms with Gasteiger partial charge in [-0.15, -0.1) is 0 Å². The summed E-state index contributed by atoms with van der Waals surface area (Å²) >= 11 is 0. The van der Waals surface area contributed by atoms with Crippen LogP contribution in [0.15, 0.2) is 122 Å². The number of hydrogen-bond donors (Lipinski definition) is 0. The third-order valence-electron chi connectivity index (χ3n) is 13.7. The maximum absolute atomic E-state index is 12.8. The van der Waals surface area contributed by atoms with E-state index in [1.807, 2.05) is 21.1 Å². The second-order valence-electron chi connectivity index (χ2n) is 22.7. The molecule has 0 aromatic heterocycles. The fourth-order valence-electron chi connectivity index (χ4n) is 8.70. The first-order valence-electron chi connectivity index (χ1n) is 32.7. The Balaban J connectivity index is 4.09. The minimum atomic E-state index is -4.65. The van der Waals surface area contributed by atoms with Crippen LogP contribution in [-0.4, -0.2) is 70.0 Å². The molecule has 0 aliphatic rings. The van der Waals surface area contributed by atoms with Gasteiger partial charge in [-0.1, -0.05) is 264 Å². The number of carbonyl (C=O) groups is 2. The lowest BCUT2D eigenvalue weighted by Gasteiger charge is -2.28. The van der Waals surface area contributed by atoms with Crippen molar-refractivity contribution in [3.8, 4) is 0 Å². The van der Waals surface area contributed by atoms with Gasteiger partial charge in [0.2, 0.25) is 0 Å². The number of quaternary nitrogens is 1. The van der Waals surface area contributed by atoms with Crippen LogP contribution in [0.2, 0.25) is 0 Å². The molecule has 2 unspecified atom stereocenters. The fraction of sp³-hybridized carbons (Fsp3) is 0.690. The largest absolute Gasteiger partial charge is 0.756 e. The zero-order valence-corrected chi connectivity index (χ0v) is 53.6. The summed E-state index contributed by atoms with van der Waals surface area (Å²) in [5.74, 6) is -0.842. The van der Waals surface area contributed by atoms with Crippen molar-refractivity contribution in [1.29, 1.82) is 0 Å². The van der Waals surface area contributed by atoms with Crippen LogP contribution in [0.3, 0.4) is 0 Å². The van der Waals surface area contributed by atoms with Crippen molar-refractivity contribution >= 4 is 19.8 Å². The topological polar surface area (TPSA) is 111 Å². The Morgan fingerprint density at radius 2 is 0.704 bits per heavy atom. The summed E-state index contributed by atoms with van der Waals surface area (Å²) < 4.78 is 34.2. The van der Waals surface area contributed by atoms with Gasteiger partial charge >= 0.3 is 11.9 Å². The summed E-state index contributed by atoms with van der Waals surface area (Å²) in [5, 5.41) is 0. The molecule has 0 N–H and O–H groups in total. The first-order valence-corrected chi connectivity index (χ1v) is 34.2. The lowest BCUT2D eigenvalue weighted by Crippen LogP contribution is -2.37. The molecule has 0 rings (SSSR count). The van der Waals surface area contributed by atoms with E-state index in [-0.39, 0.29) is 32.0 Å². The lowest BCUT2D eigenvalue weighted by molar-refractivity contribution is -0.870. The molecule has 0 saturated heterocycles. The second-order valence-corrected chi connectivity index (χ2v) is 24.2. The number of ether oxygens (including phenoxy) is 2. The Labute approximate surface area is 498 Å². The summed E-state index contributed by atoms with van der Waals surface area (Å²) in [7, 11) is 1.15. The van der Waals surface area contributed by atoms with Crippen LogP contribution in [0.5, 0.6) is 0 Å². The molecular weight excluding hydrogens is 1030 g/mol. The minimum Gasteiger partial charge on any atom is -0.756 e. The first kappa shape index (κ1) is 77.4. The summed E-state index contributed by atoms with van der Waals surface area (Å²) in [6.07, 6.45) is 86.9. The van der Waals surface area contributed by atoms with E-state index in [1.54, 1.807) is 0 Å². The predicted molar refractivity (Wildman–Crippen MR) is 346 cm³/mol. The van der Waals surface area contributed by atoms with Crippen LogP contribution in [0.4, 0.5) is 0 Å². The monoisotopic (exact) mass is 1150 g/mol. The van der Waals surface area contributed by atoms with Gasteiger partial charge in [-0.3, -0.25) is 14.2 Å². The van der Waals surface area contributed by atoms with Crippen LogP contribution in [0, 0.1) is 0 Å². The molecule has 9 nitrogen and oxygen atoms in total. The van der Waals surface area contributed by atoms with E-state index in [9.17, 15) is 19.0 Å². The van der Waals surface area contributed by atoms with Crippen molar-refractivity contribution in [2.75, 3.05) is 47.5 Å². The van der Waals surface area contributed by atoms with Gasteiger partial charge in [-0.05, 0) is 109 Å². The van der Waals surface area contributed by atoms with Crippen LogP contribution in [0.25, 0.3) is 0 Å². The van der Waals surface area contributed by atoms with Crippen molar-refractivity contribution in [3.63, 3.8) is 0 Å². The van der Waals surface area contributed by atoms with Crippen molar-refractivity contribution in [2.24, 2.45) is 0 Å². The molecule has 464 valence electrons. The maximum Gasteiger partial charge on any atom is 0.306 e. The van der Waals surface area contributed by atoms with E-state index in [1.165, 1.54) is 116 Å². The minimum absolute atomic E-state index is 0.0364. The summed E-state index contributed by atoms with van der Waals surface area (Å²) in [6, 6.07) is 0. The molecule has 0 radical (unpaired) electrons. The number of unbranched alkanes of at least 4 members (excludes halogenated alkanes) is 25. The number of phosphoric acid groups is 1. The van der Waals surface area contributed by atoms with Crippen molar-refractivity contribution in [1.82, 2.24) is 0 Å². The molecule has 0 amide bonds. The molecule has 0 saturated carbocycles. The highest BCUT2D eigenvalue weighted by molar-refractivity contribution is 7.45. The first-order chi connectivity index (χ1) is 39.5. The molecule has 0 aromatic rings. The molecule has 0 aromatic carbocycles. The third-order valence-corrected chi connectivity index (χ3v) is 14.7. The highest BCUT2D eigenvalue weighted by Crippen LogP contribution is 2.38. The van der Waals surface area contributed by atoms with E-state index in [2.05, 4.69) is 135 Å². The fourth-order valence-corrected chi connectivity index (χ4v) is 9.43. The number of nitrogens with zero attached hydrogens (tertiary/aromatic N) is 1. The zero-order chi connectivity index (χ0) is 59.1. The Kier molecular flexibility index (Phi) is 58.3. The highest BCUT2D eigenvalue weighted by atomic mass is 31.2. The SMILES string of the molecule is CC/C=C\C/C=C\C/C=C\C/C=C\C/C=C\C/C=C\C/C=C\C/C=C\C/C=C\CCCCCCCCCCCCCC(=O)OC(COC(=O)CCCCCCCCC/C=C\CCCCCCCCC)COP(=O)([O-])OCC[N+](C)(C)C. The molecule has 0 heterocycles. The zero-order valence-electron chi connectivity index (χ0n) is 52.7. The van der Waals surface area contributed by atoms with Gasteiger partial charge < -0.3 is 27.9 Å². The molecule has 0 aliphatic heterocycles. The third kappa shape index (κ3) is 65.4. The van der Waals surface area contributed by atoms with Gasteiger partial charge in [0.05, 0.1) is 27.7 Å². The quantitative estimate of drug-likeness (QED) is 0.0195. The highest BCUT2D eigenvalue weighted by Gasteiger charge is 2.22. The van der Waals surface area contributed by atoms with Crippen LogP contribution in [0.1, 0.15) is 264 Å². The molecular formula is C71H122NO8P. The molecule has 10 heteroatoms. The van der Waals surface area contributed by atoms with Gasteiger partial charge in [0.25, 0.3) is 7.82 Å². The van der Waals surface area contributed by atoms with Gasteiger partial charge in [-0.2, -0.15) is 0 Å². The maximum atomic E-state index is 12.8. The number of phosphoric ester groups is 1. The Bertz CT molecular complexity index is 1780. The van der Waals surface area contributed by atoms with Crippen molar-refractivity contribution in [3.05, 3.63) is 122 Å². The number of rotatable bonds is 59. The van der Waals surface area contributed by atoms with Gasteiger partial charge in [0, 0.05) is 12.8 Å². The second kappa shape index (κ2) is 61.0. The Hall–Kier alpha value is -3.59. The molecule has 2 atom stereocenters. The van der Waals surface area contributed by atoms with E-state index < -0.39 is 26.5 Å². The molecule has 0 aliphatic carbocycles. The van der Waals surface area contributed by atoms with E-state index in [0.29, 0.717) is 17.4 Å². The summed E-state index contributed by atoms with van der Waals surface area (Å²) in [5.41, 5.74) is 0. The number of esters is 2. The van der Waals surface area contributed by atoms with E-state index in [0.717, 1.165) is 116 Å². The predicted octanol–water partition coefficient (Wildman–Crippen LogP) is 20.5.